The molecule has 0 bridgehead atoms. The lowest BCUT2D eigenvalue weighted by molar-refractivity contribution is 0.632. The number of hydrogen-bond donors (Lipinski definition) is 0. The normalized spacial score (nSPS) is 10.7. The molecule has 0 fully saturated rings. The van der Waals surface area contributed by atoms with E-state index >= 15 is 0 Å². The highest BCUT2D eigenvalue weighted by atomic mass is 14.0. The lowest BCUT2D eigenvalue weighted by atomic mass is 10.00. The van der Waals surface area contributed by atoms with Crippen LogP contribution >= 0.6 is 0 Å². The van der Waals surface area contributed by atoms with Crippen LogP contribution < -0.4 is 0 Å². The highest BCUT2D eigenvalue weighted by Crippen LogP contribution is 2.14. The van der Waals surface area contributed by atoms with Crippen LogP contribution in [-0.2, 0) is 12.8 Å². The minimum Gasteiger partial charge on any atom is -0.0654 e. The van der Waals surface area contributed by atoms with Crippen LogP contribution in [0.2, 0.25) is 0 Å². The highest BCUT2D eigenvalue weighted by Gasteiger charge is 1.98. The van der Waals surface area contributed by atoms with Crippen LogP contribution in [0.4, 0.5) is 0 Å². The lowest BCUT2D eigenvalue weighted by Crippen LogP contribution is -1.91. The van der Waals surface area contributed by atoms with Gasteiger partial charge < -0.3 is 0 Å². The molecule has 0 spiro atoms. The summed E-state index contributed by atoms with van der Waals surface area (Å²) < 4.78 is 0. The molecule has 0 aliphatic heterocycles. The van der Waals surface area contributed by atoms with Gasteiger partial charge in [0.1, 0.15) is 0 Å². The minimum atomic E-state index is 1.05. The van der Waals surface area contributed by atoms with E-state index in [4.69, 9.17) is 0 Å². The molecule has 0 unspecified atom stereocenters. The van der Waals surface area contributed by atoms with Gasteiger partial charge in [0.2, 0.25) is 0 Å². The van der Waals surface area contributed by atoms with E-state index in [1.807, 2.05) is 0 Å². The standard InChI is InChI=1S/C20H26/c1-2-3-4-5-7-11-19-14-10-15-20(17-19)16-18-12-8-6-9-13-18/h6,8-10,12-15,17H,2-5,7,11,16H2,1H3. The van der Waals surface area contributed by atoms with Crippen LogP contribution in [0.15, 0.2) is 54.6 Å². The Balaban J connectivity index is 1.84. The third-order valence-corrected chi connectivity index (χ3v) is 3.81. The Bertz CT molecular complexity index is 484. The molecule has 0 heterocycles. The summed E-state index contributed by atoms with van der Waals surface area (Å²) >= 11 is 0. The van der Waals surface area contributed by atoms with Gasteiger partial charge in [0, 0.05) is 0 Å². The maximum Gasteiger partial charge on any atom is -0.00257 e. The van der Waals surface area contributed by atoms with Gasteiger partial charge in [-0.3, -0.25) is 0 Å². The molecule has 0 aliphatic carbocycles. The van der Waals surface area contributed by atoms with E-state index < -0.39 is 0 Å². The van der Waals surface area contributed by atoms with Crippen LogP contribution in [0.5, 0.6) is 0 Å². The maximum absolute atomic E-state index is 2.38. The van der Waals surface area contributed by atoms with E-state index in [0.29, 0.717) is 0 Å². The monoisotopic (exact) mass is 266 g/mol. The summed E-state index contributed by atoms with van der Waals surface area (Å²) in [5, 5.41) is 0. The molecule has 0 radical (unpaired) electrons. The van der Waals surface area contributed by atoms with Crippen molar-refractivity contribution in [1.29, 1.82) is 0 Å². The maximum atomic E-state index is 2.38. The fourth-order valence-electron chi connectivity index (χ4n) is 2.66. The topological polar surface area (TPSA) is 0 Å². The molecule has 0 aromatic heterocycles. The molecule has 0 amide bonds. The van der Waals surface area contributed by atoms with E-state index in [1.165, 1.54) is 55.2 Å². The Labute approximate surface area is 123 Å². The first-order valence-corrected chi connectivity index (χ1v) is 8.00. The molecule has 2 aromatic rings. The quantitative estimate of drug-likeness (QED) is 0.530. The lowest BCUT2D eigenvalue weighted by Gasteiger charge is -2.06. The van der Waals surface area contributed by atoms with Crippen LogP contribution in [0.3, 0.4) is 0 Å². The summed E-state index contributed by atoms with van der Waals surface area (Å²) in [7, 11) is 0. The molecule has 0 atom stereocenters. The van der Waals surface area contributed by atoms with Crippen molar-refractivity contribution in [3.05, 3.63) is 71.3 Å². The second kappa shape index (κ2) is 8.58. The largest absolute Gasteiger partial charge is 0.0654 e. The summed E-state index contributed by atoms with van der Waals surface area (Å²) in [4.78, 5) is 0. The van der Waals surface area contributed by atoms with Crippen molar-refractivity contribution >= 4 is 0 Å². The second-order valence-electron chi connectivity index (χ2n) is 5.65. The zero-order valence-electron chi connectivity index (χ0n) is 12.6. The molecule has 0 heteroatoms. The van der Waals surface area contributed by atoms with Gasteiger partial charge in [0.25, 0.3) is 0 Å². The van der Waals surface area contributed by atoms with Crippen molar-refractivity contribution < 1.29 is 0 Å². The van der Waals surface area contributed by atoms with E-state index in [-0.39, 0.29) is 0 Å². The van der Waals surface area contributed by atoms with E-state index in [9.17, 15) is 0 Å². The second-order valence-corrected chi connectivity index (χ2v) is 5.65. The molecule has 0 saturated heterocycles. The van der Waals surface area contributed by atoms with Crippen LogP contribution in [-0.4, -0.2) is 0 Å². The molecule has 0 saturated carbocycles. The summed E-state index contributed by atoms with van der Waals surface area (Å²) in [6, 6.07) is 19.8. The van der Waals surface area contributed by atoms with Crippen molar-refractivity contribution in [2.45, 2.75) is 51.9 Å². The van der Waals surface area contributed by atoms with Gasteiger partial charge in [0.15, 0.2) is 0 Å². The van der Waals surface area contributed by atoms with Crippen molar-refractivity contribution in [3.63, 3.8) is 0 Å². The number of aryl methyl sites for hydroxylation is 1. The fourth-order valence-corrected chi connectivity index (χ4v) is 2.66. The van der Waals surface area contributed by atoms with Crippen LogP contribution in [0.25, 0.3) is 0 Å². The van der Waals surface area contributed by atoms with E-state index in [2.05, 4.69) is 61.5 Å². The van der Waals surface area contributed by atoms with Crippen molar-refractivity contribution in [3.8, 4) is 0 Å². The molecule has 20 heavy (non-hydrogen) atoms. The molecular weight excluding hydrogens is 240 g/mol. The Kier molecular flexibility index (Phi) is 6.37. The smallest absolute Gasteiger partial charge is 0.00257 e. The summed E-state index contributed by atoms with van der Waals surface area (Å²) in [6.07, 6.45) is 9.07. The third-order valence-electron chi connectivity index (χ3n) is 3.81. The zero-order chi connectivity index (χ0) is 14.0. The molecular formula is C20H26. The van der Waals surface area contributed by atoms with Gasteiger partial charge >= 0.3 is 0 Å². The molecule has 0 nitrogen and oxygen atoms in total. The average molecular weight is 266 g/mol. The Morgan fingerprint density at radius 2 is 1.35 bits per heavy atom. The predicted molar refractivity (Wildman–Crippen MR) is 88.2 cm³/mol. The molecule has 0 N–H and O–H groups in total. The van der Waals surface area contributed by atoms with Crippen molar-refractivity contribution in [2.75, 3.05) is 0 Å². The van der Waals surface area contributed by atoms with Gasteiger partial charge in [-0.15, -0.1) is 0 Å². The van der Waals surface area contributed by atoms with Crippen molar-refractivity contribution in [2.24, 2.45) is 0 Å². The number of benzene rings is 2. The SMILES string of the molecule is CCCCCCCc1cccc(Cc2ccccc2)c1. The van der Waals surface area contributed by atoms with Gasteiger partial charge in [-0.2, -0.15) is 0 Å². The minimum absolute atomic E-state index is 1.05. The first kappa shape index (κ1) is 14.8. The molecule has 2 rings (SSSR count). The van der Waals surface area contributed by atoms with Crippen LogP contribution in [0, 0.1) is 0 Å². The number of unbranched alkanes of at least 4 members (excludes halogenated alkanes) is 4. The van der Waals surface area contributed by atoms with E-state index in [0.717, 1.165) is 6.42 Å². The number of hydrogen-bond acceptors (Lipinski definition) is 0. The Hall–Kier alpha value is -1.56. The van der Waals surface area contributed by atoms with Gasteiger partial charge in [0.05, 0.1) is 0 Å². The third kappa shape index (κ3) is 5.21. The molecule has 2 aromatic carbocycles. The van der Waals surface area contributed by atoms with Gasteiger partial charge in [-0.05, 0) is 36.0 Å². The van der Waals surface area contributed by atoms with E-state index in [1.54, 1.807) is 0 Å². The molecule has 106 valence electrons. The first-order chi connectivity index (χ1) is 9.88. The summed E-state index contributed by atoms with van der Waals surface area (Å²) in [6.45, 7) is 2.27. The predicted octanol–water partition coefficient (Wildman–Crippen LogP) is 5.79. The molecule has 0 aliphatic rings. The number of rotatable bonds is 8. The van der Waals surface area contributed by atoms with Gasteiger partial charge in [-0.25, -0.2) is 0 Å². The van der Waals surface area contributed by atoms with Crippen molar-refractivity contribution in [1.82, 2.24) is 0 Å². The Morgan fingerprint density at radius 3 is 2.15 bits per heavy atom. The summed E-state index contributed by atoms with van der Waals surface area (Å²) in [5.74, 6) is 0. The van der Waals surface area contributed by atoms with Gasteiger partial charge in [-0.1, -0.05) is 87.2 Å². The Morgan fingerprint density at radius 1 is 0.650 bits per heavy atom. The highest BCUT2D eigenvalue weighted by molar-refractivity contribution is 5.29. The summed E-state index contributed by atoms with van der Waals surface area (Å²) in [5.41, 5.74) is 4.32. The average Bonchev–Trinajstić information content (AvgIpc) is 2.48. The van der Waals surface area contributed by atoms with Crippen LogP contribution in [0.1, 0.15) is 55.7 Å². The fraction of sp³-hybridized carbons (Fsp3) is 0.400. The first-order valence-electron chi connectivity index (χ1n) is 8.00. The zero-order valence-corrected chi connectivity index (χ0v) is 12.6.